The second-order valence-electron chi connectivity index (χ2n) is 7.61. The molecule has 1 fully saturated rings. The van der Waals surface area contributed by atoms with Gasteiger partial charge in [0, 0.05) is 57.4 Å². The monoisotopic (exact) mass is 393 g/mol. The fourth-order valence-corrected chi connectivity index (χ4v) is 3.72. The Labute approximate surface area is 170 Å². The Morgan fingerprint density at radius 2 is 2.14 bits per heavy atom. The van der Waals surface area contributed by atoms with Crippen molar-refractivity contribution >= 4 is 16.8 Å². The normalized spacial score (nSPS) is 17.6. The number of aromatic nitrogens is 3. The van der Waals surface area contributed by atoms with Gasteiger partial charge in [-0.3, -0.25) is 14.4 Å². The third-order valence-electron chi connectivity index (χ3n) is 5.27. The summed E-state index contributed by atoms with van der Waals surface area (Å²) in [5.74, 6) is -0.0236. The molecule has 0 radical (unpaired) electrons. The van der Waals surface area contributed by atoms with E-state index in [0.29, 0.717) is 12.2 Å². The van der Waals surface area contributed by atoms with Gasteiger partial charge in [0.25, 0.3) is 5.91 Å². The van der Waals surface area contributed by atoms with Crippen LogP contribution in [0.3, 0.4) is 0 Å². The number of pyridine rings is 1. The van der Waals surface area contributed by atoms with Crippen molar-refractivity contribution in [3.63, 3.8) is 0 Å². The molecule has 152 valence electrons. The van der Waals surface area contributed by atoms with E-state index in [4.69, 9.17) is 9.72 Å². The largest absolute Gasteiger partial charge is 0.369 e. The predicted octanol–water partition coefficient (Wildman–Crippen LogP) is 2.73. The Balaban J connectivity index is 1.60. The third kappa shape index (κ3) is 4.16. The molecule has 0 bridgehead atoms. The van der Waals surface area contributed by atoms with Crippen molar-refractivity contribution in [1.29, 1.82) is 0 Å². The highest BCUT2D eigenvalue weighted by molar-refractivity contribution is 6.06. The van der Waals surface area contributed by atoms with Crippen molar-refractivity contribution in [2.75, 3.05) is 33.8 Å². The lowest BCUT2D eigenvalue weighted by molar-refractivity contribution is -0.0348. The lowest BCUT2D eigenvalue weighted by Gasteiger charge is -2.32. The minimum Gasteiger partial charge on any atom is -0.369 e. The van der Waals surface area contributed by atoms with Gasteiger partial charge >= 0.3 is 0 Å². The molecule has 3 heterocycles. The van der Waals surface area contributed by atoms with Crippen LogP contribution in [0.15, 0.2) is 42.7 Å². The zero-order valence-electron chi connectivity index (χ0n) is 17.2. The molecule has 0 aliphatic carbocycles. The van der Waals surface area contributed by atoms with Crippen LogP contribution in [0.4, 0.5) is 0 Å². The Kier molecular flexibility index (Phi) is 5.60. The summed E-state index contributed by atoms with van der Waals surface area (Å²) in [7, 11) is 3.54. The molecule has 0 saturated carbocycles. The van der Waals surface area contributed by atoms with Crippen LogP contribution in [-0.2, 0) is 17.8 Å². The predicted molar refractivity (Wildman–Crippen MR) is 112 cm³/mol. The van der Waals surface area contributed by atoms with Crippen molar-refractivity contribution in [3.8, 4) is 0 Å². The van der Waals surface area contributed by atoms with Crippen molar-refractivity contribution < 1.29 is 9.53 Å². The summed E-state index contributed by atoms with van der Waals surface area (Å²) >= 11 is 0. The molecule has 1 aromatic carbocycles. The van der Waals surface area contributed by atoms with E-state index in [9.17, 15) is 4.79 Å². The highest BCUT2D eigenvalue weighted by Crippen LogP contribution is 2.27. The van der Waals surface area contributed by atoms with Crippen LogP contribution in [-0.4, -0.2) is 64.3 Å². The summed E-state index contributed by atoms with van der Waals surface area (Å²) in [5.41, 5.74) is 3.49. The molecule has 1 aliphatic rings. The summed E-state index contributed by atoms with van der Waals surface area (Å²) in [6, 6.07) is 9.68. The Morgan fingerprint density at radius 1 is 1.31 bits per heavy atom. The first kappa shape index (κ1) is 19.5. The van der Waals surface area contributed by atoms with E-state index in [0.717, 1.165) is 42.8 Å². The van der Waals surface area contributed by atoms with Gasteiger partial charge in [0.15, 0.2) is 0 Å². The van der Waals surface area contributed by atoms with Crippen LogP contribution < -0.4 is 0 Å². The van der Waals surface area contributed by atoms with Gasteiger partial charge in [-0.1, -0.05) is 18.2 Å². The molecule has 29 heavy (non-hydrogen) atoms. The Morgan fingerprint density at radius 3 is 2.90 bits per heavy atom. The summed E-state index contributed by atoms with van der Waals surface area (Å²) < 4.78 is 7.99. The molecular formula is C22H27N5O2. The number of hydrogen-bond donors (Lipinski definition) is 0. The van der Waals surface area contributed by atoms with Gasteiger partial charge in [0.05, 0.1) is 29.6 Å². The standard InChI is InChI=1S/C22H27N5O2/c1-4-27-14-16(12-23-27)13-26-9-10-29-21(15-26)20-11-18(22(28)25(2)3)17-7-5-6-8-19(17)24-20/h5-8,11-12,14,21H,4,9-10,13,15H2,1-3H3/t21-/m1/s1. The number of carbonyl (C=O) groups excluding carboxylic acids is 1. The molecule has 1 aliphatic heterocycles. The molecule has 4 rings (SSSR count). The summed E-state index contributed by atoms with van der Waals surface area (Å²) in [6.45, 7) is 6.02. The minimum absolute atomic E-state index is 0.0236. The second kappa shape index (κ2) is 8.31. The average molecular weight is 393 g/mol. The number of benzene rings is 1. The average Bonchev–Trinajstić information content (AvgIpc) is 3.20. The number of aryl methyl sites for hydroxylation is 1. The van der Waals surface area contributed by atoms with Gasteiger partial charge in [-0.05, 0) is 19.1 Å². The molecule has 0 spiro atoms. The van der Waals surface area contributed by atoms with E-state index in [2.05, 4.69) is 23.1 Å². The lowest BCUT2D eigenvalue weighted by Crippen LogP contribution is -2.38. The van der Waals surface area contributed by atoms with Crippen LogP contribution >= 0.6 is 0 Å². The molecule has 1 atom stereocenters. The number of ether oxygens (including phenoxy) is 1. The fourth-order valence-electron chi connectivity index (χ4n) is 3.72. The number of morpholine rings is 1. The SMILES string of the molecule is CCn1cc(CN2CCO[C@@H](c3cc(C(=O)N(C)C)c4ccccc4n3)C2)cn1. The van der Waals surface area contributed by atoms with E-state index >= 15 is 0 Å². The number of nitrogens with zero attached hydrogens (tertiary/aromatic N) is 5. The highest BCUT2D eigenvalue weighted by Gasteiger charge is 2.25. The zero-order chi connectivity index (χ0) is 20.4. The maximum Gasteiger partial charge on any atom is 0.254 e. The molecule has 7 heteroatoms. The van der Waals surface area contributed by atoms with Crippen molar-refractivity contribution in [1.82, 2.24) is 24.6 Å². The Hall–Kier alpha value is -2.77. The third-order valence-corrected chi connectivity index (χ3v) is 5.27. The van der Waals surface area contributed by atoms with Gasteiger partial charge in [-0.2, -0.15) is 5.10 Å². The van der Waals surface area contributed by atoms with E-state index in [1.54, 1.807) is 19.0 Å². The first-order valence-electron chi connectivity index (χ1n) is 10.0. The number of rotatable bonds is 5. The molecule has 0 N–H and O–H groups in total. The number of fused-ring (bicyclic) bond motifs is 1. The first-order chi connectivity index (χ1) is 14.0. The number of amides is 1. The summed E-state index contributed by atoms with van der Waals surface area (Å²) in [4.78, 5) is 21.5. The molecule has 7 nitrogen and oxygen atoms in total. The summed E-state index contributed by atoms with van der Waals surface area (Å²) in [6.07, 6.45) is 3.85. The van der Waals surface area contributed by atoms with E-state index < -0.39 is 0 Å². The molecule has 0 unspecified atom stereocenters. The topological polar surface area (TPSA) is 63.5 Å². The number of carbonyl (C=O) groups is 1. The molecule has 3 aromatic rings. The van der Waals surface area contributed by atoms with Crippen LogP contribution in [0.2, 0.25) is 0 Å². The fraction of sp³-hybridized carbons (Fsp3) is 0.409. The molecule has 1 saturated heterocycles. The highest BCUT2D eigenvalue weighted by atomic mass is 16.5. The quantitative estimate of drug-likeness (QED) is 0.667. The smallest absolute Gasteiger partial charge is 0.254 e. The first-order valence-corrected chi connectivity index (χ1v) is 10.0. The number of para-hydroxylation sites is 1. The number of hydrogen-bond acceptors (Lipinski definition) is 5. The van der Waals surface area contributed by atoms with E-state index in [1.165, 1.54) is 5.56 Å². The van der Waals surface area contributed by atoms with Crippen molar-refractivity contribution in [3.05, 3.63) is 59.5 Å². The lowest BCUT2D eigenvalue weighted by atomic mass is 10.0. The van der Waals surface area contributed by atoms with Crippen molar-refractivity contribution in [2.45, 2.75) is 26.1 Å². The van der Waals surface area contributed by atoms with Crippen LogP contribution in [0, 0.1) is 0 Å². The van der Waals surface area contributed by atoms with Crippen molar-refractivity contribution in [2.24, 2.45) is 0 Å². The zero-order valence-corrected chi connectivity index (χ0v) is 17.2. The Bertz CT molecular complexity index is 1010. The van der Waals surface area contributed by atoms with Crippen LogP contribution in [0.25, 0.3) is 10.9 Å². The van der Waals surface area contributed by atoms with E-state index in [-0.39, 0.29) is 12.0 Å². The van der Waals surface area contributed by atoms with Crippen LogP contribution in [0.5, 0.6) is 0 Å². The van der Waals surface area contributed by atoms with Gasteiger partial charge in [0.2, 0.25) is 0 Å². The molecule has 2 aromatic heterocycles. The van der Waals surface area contributed by atoms with Crippen LogP contribution in [0.1, 0.15) is 34.6 Å². The van der Waals surface area contributed by atoms with Gasteiger partial charge in [0.1, 0.15) is 6.10 Å². The molecule has 1 amide bonds. The van der Waals surface area contributed by atoms with Gasteiger partial charge in [-0.15, -0.1) is 0 Å². The van der Waals surface area contributed by atoms with Gasteiger partial charge < -0.3 is 9.64 Å². The maximum atomic E-state index is 12.8. The van der Waals surface area contributed by atoms with E-state index in [1.807, 2.05) is 41.2 Å². The van der Waals surface area contributed by atoms with Gasteiger partial charge in [-0.25, -0.2) is 4.98 Å². The maximum absolute atomic E-state index is 12.8. The molecular weight excluding hydrogens is 366 g/mol. The second-order valence-corrected chi connectivity index (χ2v) is 7.61. The minimum atomic E-state index is -0.164. The summed E-state index contributed by atoms with van der Waals surface area (Å²) in [5, 5.41) is 5.23.